The summed E-state index contributed by atoms with van der Waals surface area (Å²) in [5.74, 6) is 5.46. The predicted octanol–water partition coefficient (Wildman–Crippen LogP) is 0.0892. The first-order valence-electron chi connectivity index (χ1n) is 5.82. The van der Waals surface area contributed by atoms with Crippen LogP contribution >= 0.6 is 0 Å². The van der Waals surface area contributed by atoms with E-state index in [-0.39, 0.29) is 29.8 Å². The summed E-state index contributed by atoms with van der Waals surface area (Å²) in [5, 5.41) is 0. The van der Waals surface area contributed by atoms with Crippen LogP contribution in [0.4, 0.5) is 4.79 Å². The van der Waals surface area contributed by atoms with Gasteiger partial charge in [0, 0.05) is 19.0 Å². The van der Waals surface area contributed by atoms with Crippen molar-refractivity contribution in [2.75, 3.05) is 13.1 Å². The number of ether oxygens (including phenoxy) is 1. The summed E-state index contributed by atoms with van der Waals surface area (Å²) in [6.45, 7) is 6.71. The topological polar surface area (TPSA) is 84.7 Å². The van der Waals surface area contributed by atoms with E-state index >= 15 is 0 Å². The maximum absolute atomic E-state index is 11.8. The van der Waals surface area contributed by atoms with Crippen molar-refractivity contribution in [3.63, 3.8) is 0 Å². The van der Waals surface area contributed by atoms with Crippen LogP contribution in [0.1, 0.15) is 20.8 Å². The van der Waals surface area contributed by atoms with Crippen molar-refractivity contribution in [1.82, 2.24) is 10.3 Å². The van der Waals surface area contributed by atoms with Crippen molar-refractivity contribution in [3.05, 3.63) is 0 Å². The predicted molar refractivity (Wildman–Crippen MR) is 60.6 cm³/mol. The van der Waals surface area contributed by atoms with Crippen LogP contribution in [0.2, 0.25) is 0 Å². The van der Waals surface area contributed by atoms with Gasteiger partial charge in [-0.3, -0.25) is 10.2 Å². The highest BCUT2D eigenvalue weighted by molar-refractivity contribution is 5.82. The number of piperidine rings is 1. The third kappa shape index (κ3) is 2.36. The molecule has 1 aliphatic carbocycles. The number of carbonyl (C=O) groups excluding carboxylic acids is 2. The number of fused-ring (bicyclic) bond motifs is 1. The molecule has 0 radical (unpaired) electrons. The van der Waals surface area contributed by atoms with Crippen molar-refractivity contribution in [3.8, 4) is 0 Å². The Bertz CT molecular complexity index is 338. The number of nitrogens with two attached hydrogens (primary N) is 1. The second-order valence-electron chi connectivity index (χ2n) is 5.75. The van der Waals surface area contributed by atoms with Crippen molar-refractivity contribution < 1.29 is 14.3 Å². The zero-order chi connectivity index (χ0) is 12.8. The third-order valence-corrected chi connectivity index (χ3v) is 3.29. The van der Waals surface area contributed by atoms with Crippen LogP contribution in [0.25, 0.3) is 0 Å². The molecular formula is C11H19N3O3. The zero-order valence-corrected chi connectivity index (χ0v) is 10.4. The summed E-state index contributed by atoms with van der Waals surface area (Å²) < 4.78 is 5.27. The number of hydrogen-bond donors (Lipinski definition) is 2. The molecule has 2 atom stereocenters. The van der Waals surface area contributed by atoms with E-state index in [1.165, 1.54) is 0 Å². The Morgan fingerprint density at radius 3 is 2.24 bits per heavy atom. The molecule has 0 bridgehead atoms. The lowest BCUT2D eigenvalue weighted by molar-refractivity contribution is -0.123. The molecule has 0 aromatic heterocycles. The first-order chi connectivity index (χ1) is 7.83. The normalized spacial score (nSPS) is 30.8. The summed E-state index contributed by atoms with van der Waals surface area (Å²) in [6, 6.07) is 0. The van der Waals surface area contributed by atoms with Crippen molar-refractivity contribution in [1.29, 1.82) is 0 Å². The van der Waals surface area contributed by atoms with Gasteiger partial charge in [0.1, 0.15) is 5.60 Å². The smallest absolute Gasteiger partial charge is 0.410 e. The van der Waals surface area contributed by atoms with Crippen molar-refractivity contribution in [2.24, 2.45) is 23.6 Å². The van der Waals surface area contributed by atoms with Crippen LogP contribution in [0, 0.1) is 17.8 Å². The number of rotatable bonds is 1. The Morgan fingerprint density at radius 1 is 1.29 bits per heavy atom. The highest BCUT2D eigenvalue weighted by Crippen LogP contribution is 2.51. The molecule has 2 fully saturated rings. The molecule has 1 aliphatic heterocycles. The van der Waals surface area contributed by atoms with Gasteiger partial charge in [0.05, 0.1) is 0 Å². The molecule has 0 aromatic carbocycles. The maximum Gasteiger partial charge on any atom is 0.410 e. The van der Waals surface area contributed by atoms with Gasteiger partial charge in [-0.1, -0.05) is 0 Å². The van der Waals surface area contributed by atoms with Gasteiger partial charge in [0.25, 0.3) is 0 Å². The maximum atomic E-state index is 11.8. The molecule has 2 unspecified atom stereocenters. The Labute approximate surface area is 100 Å². The van der Waals surface area contributed by atoms with E-state index in [1.54, 1.807) is 4.90 Å². The first-order valence-corrected chi connectivity index (χ1v) is 5.82. The second kappa shape index (κ2) is 3.87. The molecule has 6 nitrogen and oxygen atoms in total. The summed E-state index contributed by atoms with van der Waals surface area (Å²) in [5.41, 5.74) is 1.69. The lowest BCUT2D eigenvalue weighted by atomic mass is 10.2. The molecule has 3 N–H and O–H groups in total. The van der Waals surface area contributed by atoms with Gasteiger partial charge in [-0.2, -0.15) is 0 Å². The van der Waals surface area contributed by atoms with Gasteiger partial charge in [0.15, 0.2) is 0 Å². The quantitative estimate of drug-likeness (QED) is 0.387. The second-order valence-corrected chi connectivity index (χ2v) is 5.75. The number of nitrogens with one attached hydrogen (secondary N) is 1. The molecule has 1 saturated heterocycles. The molecule has 17 heavy (non-hydrogen) atoms. The molecule has 2 aliphatic rings. The number of likely N-dealkylation sites (tertiary alicyclic amines) is 1. The number of carbonyl (C=O) groups is 2. The fourth-order valence-corrected chi connectivity index (χ4v) is 2.49. The van der Waals surface area contributed by atoms with Crippen LogP contribution in [0.5, 0.6) is 0 Å². The van der Waals surface area contributed by atoms with Gasteiger partial charge < -0.3 is 9.64 Å². The third-order valence-electron chi connectivity index (χ3n) is 3.29. The van der Waals surface area contributed by atoms with Crippen molar-refractivity contribution >= 4 is 12.0 Å². The minimum atomic E-state index is -0.474. The fourth-order valence-electron chi connectivity index (χ4n) is 2.49. The Morgan fingerprint density at radius 2 is 1.82 bits per heavy atom. The number of hydrogen-bond acceptors (Lipinski definition) is 4. The molecule has 1 heterocycles. The van der Waals surface area contributed by atoms with Crippen LogP contribution in [-0.2, 0) is 9.53 Å². The number of amides is 2. The monoisotopic (exact) mass is 241 g/mol. The highest BCUT2D eigenvalue weighted by atomic mass is 16.6. The van der Waals surface area contributed by atoms with Crippen LogP contribution < -0.4 is 11.3 Å². The van der Waals surface area contributed by atoms with E-state index in [0.717, 1.165) is 0 Å². The Kier molecular flexibility index (Phi) is 2.77. The standard InChI is InChI=1S/C11H19N3O3/c1-11(2,3)17-10(16)14-4-6-7(5-14)8(6)9(15)13-12/h6-8H,4-5,12H2,1-3H3,(H,13,15). The van der Waals surface area contributed by atoms with E-state index in [4.69, 9.17) is 10.6 Å². The van der Waals surface area contributed by atoms with E-state index in [9.17, 15) is 9.59 Å². The SMILES string of the molecule is CC(C)(C)OC(=O)N1CC2C(C1)C2C(=O)NN. The van der Waals surface area contributed by atoms with Gasteiger partial charge in [-0.15, -0.1) is 0 Å². The molecule has 96 valence electrons. The largest absolute Gasteiger partial charge is 0.444 e. The molecule has 0 spiro atoms. The van der Waals surface area contributed by atoms with E-state index < -0.39 is 5.60 Å². The van der Waals surface area contributed by atoms with Gasteiger partial charge in [0.2, 0.25) is 5.91 Å². The molecule has 2 rings (SSSR count). The minimum Gasteiger partial charge on any atom is -0.444 e. The lowest BCUT2D eigenvalue weighted by Crippen LogP contribution is -2.39. The van der Waals surface area contributed by atoms with E-state index in [2.05, 4.69) is 5.43 Å². The average molecular weight is 241 g/mol. The number of hydrazine groups is 1. The van der Waals surface area contributed by atoms with Crippen LogP contribution in [-0.4, -0.2) is 35.6 Å². The highest BCUT2D eigenvalue weighted by Gasteiger charge is 2.60. The van der Waals surface area contributed by atoms with Crippen LogP contribution in [0.15, 0.2) is 0 Å². The molecular weight excluding hydrogens is 222 g/mol. The Hall–Kier alpha value is -1.30. The van der Waals surface area contributed by atoms with Crippen LogP contribution in [0.3, 0.4) is 0 Å². The summed E-state index contributed by atoms with van der Waals surface area (Å²) in [4.78, 5) is 24.7. The molecule has 0 aromatic rings. The average Bonchev–Trinajstić information content (AvgIpc) is 2.69. The number of nitrogens with zero attached hydrogens (tertiary/aromatic N) is 1. The lowest BCUT2D eigenvalue weighted by Gasteiger charge is -2.25. The van der Waals surface area contributed by atoms with Gasteiger partial charge in [-0.25, -0.2) is 10.6 Å². The summed E-state index contributed by atoms with van der Waals surface area (Å²) >= 11 is 0. The first kappa shape index (κ1) is 12.2. The Balaban J connectivity index is 1.83. The van der Waals surface area contributed by atoms with E-state index in [1.807, 2.05) is 20.8 Å². The fraction of sp³-hybridized carbons (Fsp3) is 0.818. The molecule has 6 heteroatoms. The summed E-state index contributed by atoms with van der Waals surface area (Å²) in [6.07, 6.45) is -0.295. The van der Waals surface area contributed by atoms with Crippen molar-refractivity contribution in [2.45, 2.75) is 26.4 Å². The summed E-state index contributed by atoms with van der Waals surface area (Å²) in [7, 11) is 0. The minimum absolute atomic E-state index is 0.0151. The van der Waals surface area contributed by atoms with Gasteiger partial charge >= 0.3 is 6.09 Å². The van der Waals surface area contributed by atoms with E-state index in [0.29, 0.717) is 13.1 Å². The molecule has 1 saturated carbocycles. The molecule has 2 amide bonds. The van der Waals surface area contributed by atoms with Gasteiger partial charge in [-0.05, 0) is 32.6 Å². The zero-order valence-electron chi connectivity index (χ0n) is 10.4.